The van der Waals surface area contributed by atoms with Crippen LogP contribution in [-0.2, 0) is 19.7 Å². The molecular weight excluding hydrogens is 432 g/mol. The monoisotopic (exact) mass is 446 g/mol. The molecule has 2 radical (unpaired) electrons. The molecule has 0 aromatic heterocycles. The second-order valence-corrected chi connectivity index (χ2v) is 6.89. The molecule has 0 spiro atoms. The first-order valence-electron chi connectivity index (χ1n) is 7.62. The van der Waals surface area contributed by atoms with Gasteiger partial charge in [-0.15, -0.1) is 5.11 Å². The molecule has 0 saturated carbocycles. The predicted octanol–water partition coefficient (Wildman–Crippen LogP) is 2.14. The molecule has 148 valence electrons. The summed E-state index contributed by atoms with van der Waals surface area (Å²) in [5.74, 6) is -1.45. The molecule has 1 amide bonds. The summed E-state index contributed by atoms with van der Waals surface area (Å²) in [5.41, 5.74) is -0.752. The number of amides is 1. The number of nitrogens with one attached hydrogen (secondary N) is 1. The van der Waals surface area contributed by atoms with Crippen molar-refractivity contribution >= 4 is 76.6 Å². The Bertz CT molecular complexity index is 1060. The van der Waals surface area contributed by atoms with Crippen LogP contribution in [0.3, 0.4) is 0 Å². The van der Waals surface area contributed by atoms with Gasteiger partial charge in [0.05, 0.1) is 4.92 Å². The van der Waals surface area contributed by atoms with Crippen LogP contribution in [0.1, 0.15) is 6.92 Å². The molecule has 2 aromatic carbocycles. The maximum Gasteiger partial charge on any atom is 0.298 e. The SMILES string of the molecule is CC(=O)C(N=Nc1ccc(S(=O)(=O)O)cc1[N+](=O)[O-])C(=O)Nc1ccccc1.[Ca]. The molecule has 0 bridgehead atoms. The molecule has 0 aliphatic carbocycles. The zero-order valence-electron chi connectivity index (χ0n) is 15.0. The number of nitro benzene ring substituents is 1. The van der Waals surface area contributed by atoms with Gasteiger partial charge in [0.15, 0.2) is 11.5 Å². The second-order valence-electron chi connectivity index (χ2n) is 5.47. The predicted molar refractivity (Wildman–Crippen MR) is 103 cm³/mol. The zero-order valence-corrected chi connectivity index (χ0v) is 18.1. The van der Waals surface area contributed by atoms with E-state index in [4.69, 9.17) is 4.55 Å². The van der Waals surface area contributed by atoms with Crippen molar-refractivity contribution in [3.05, 3.63) is 58.6 Å². The maximum absolute atomic E-state index is 12.2. The van der Waals surface area contributed by atoms with E-state index in [1.54, 1.807) is 30.3 Å². The number of Topliss-reactive ketones (excluding diaryl/α,β-unsaturated/α-hetero) is 1. The molecule has 2 rings (SSSR count). The summed E-state index contributed by atoms with van der Waals surface area (Å²) in [7, 11) is -4.66. The van der Waals surface area contributed by atoms with Crippen LogP contribution < -0.4 is 5.32 Å². The van der Waals surface area contributed by atoms with E-state index in [0.717, 1.165) is 19.1 Å². The van der Waals surface area contributed by atoms with Crippen LogP contribution in [0.2, 0.25) is 0 Å². The molecule has 0 aliphatic heterocycles. The molecule has 0 saturated heterocycles. The van der Waals surface area contributed by atoms with Crippen LogP contribution in [0.15, 0.2) is 63.7 Å². The van der Waals surface area contributed by atoms with Crippen LogP contribution in [0.25, 0.3) is 0 Å². The van der Waals surface area contributed by atoms with Gasteiger partial charge in [0, 0.05) is 49.5 Å². The summed E-state index contributed by atoms with van der Waals surface area (Å²) in [6.45, 7) is 1.10. The van der Waals surface area contributed by atoms with E-state index in [2.05, 4.69) is 15.5 Å². The topological polar surface area (TPSA) is 168 Å². The van der Waals surface area contributed by atoms with Gasteiger partial charge in [-0.05, 0) is 31.2 Å². The first kappa shape index (κ1) is 24.8. The molecule has 1 atom stereocenters. The van der Waals surface area contributed by atoms with Crippen molar-refractivity contribution in [2.45, 2.75) is 17.9 Å². The maximum atomic E-state index is 12.2. The number of carbonyl (C=O) groups excluding carboxylic acids is 2. The molecule has 2 aromatic rings. The van der Waals surface area contributed by atoms with Crippen LogP contribution in [0.4, 0.5) is 17.1 Å². The molecule has 2 N–H and O–H groups in total. The Balaban J connectivity index is 0.00000420. The van der Waals surface area contributed by atoms with Crippen LogP contribution >= 0.6 is 0 Å². The fourth-order valence-electron chi connectivity index (χ4n) is 2.06. The largest absolute Gasteiger partial charge is 0.324 e. The molecule has 29 heavy (non-hydrogen) atoms. The van der Waals surface area contributed by atoms with Gasteiger partial charge in [-0.2, -0.15) is 13.5 Å². The van der Waals surface area contributed by atoms with Crippen molar-refractivity contribution < 1.29 is 27.5 Å². The minimum atomic E-state index is -4.66. The number of rotatable bonds is 7. The molecule has 0 aliphatic rings. The van der Waals surface area contributed by atoms with Crippen LogP contribution in [0, 0.1) is 10.1 Å². The van der Waals surface area contributed by atoms with Gasteiger partial charge in [-0.1, -0.05) is 18.2 Å². The molecule has 11 nitrogen and oxygen atoms in total. The third-order valence-electron chi connectivity index (χ3n) is 3.40. The van der Waals surface area contributed by atoms with E-state index < -0.39 is 49.0 Å². The minimum absolute atomic E-state index is 0. The number of azo groups is 1. The Kier molecular flexibility index (Phi) is 8.98. The van der Waals surface area contributed by atoms with Gasteiger partial charge < -0.3 is 5.32 Å². The summed E-state index contributed by atoms with van der Waals surface area (Å²) < 4.78 is 31.2. The smallest absolute Gasteiger partial charge is 0.298 e. The average molecular weight is 446 g/mol. The minimum Gasteiger partial charge on any atom is -0.324 e. The Hall–Kier alpha value is -2.25. The summed E-state index contributed by atoms with van der Waals surface area (Å²) in [4.78, 5) is 33.5. The number of nitro groups is 1. The summed E-state index contributed by atoms with van der Waals surface area (Å²) in [6, 6.07) is 9.07. The first-order chi connectivity index (χ1) is 13.1. The summed E-state index contributed by atoms with van der Waals surface area (Å²) >= 11 is 0. The first-order valence-corrected chi connectivity index (χ1v) is 9.06. The Morgan fingerprint density at radius 1 is 1.17 bits per heavy atom. The third kappa shape index (κ3) is 6.94. The second kappa shape index (κ2) is 10.5. The Morgan fingerprint density at radius 2 is 1.79 bits per heavy atom. The number of benzene rings is 2. The molecule has 0 fully saturated rings. The molecular formula is C16H14CaN4O7S. The molecule has 1 unspecified atom stereocenters. The van der Waals surface area contributed by atoms with Crippen LogP contribution in [0.5, 0.6) is 0 Å². The van der Waals surface area contributed by atoms with E-state index in [1.165, 1.54) is 0 Å². The van der Waals surface area contributed by atoms with E-state index in [9.17, 15) is 28.1 Å². The van der Waals surface area contributed by atoms with Crippen molar-refractivity contribution in [2.24, 2.45) is 10.2 Å². The average Bonchev–Trinajstić information content (AvgIpc) is 2.61. The van der Waals surface area contributed by atoms with Gasteiger partial charge in [0.25, 0.3) is 21.7 Å². The fraction of sp³-hybridized carbons (Fsp3) is 0.125. The Morgan fingerprint density at radius 3 is 2.31 bits per heavy atom. The fourth-order valence-corrected chi connectivity index (χ4v) is 2.57. The van der Waals surface area contributed by atoms with Crippen molar-refractivity contribution in [2.75, 3.05) is 5.32 Å². The van der Waals surface area contributed by atoms with Crippen molar-refractivity contribution in [3.63, 3.8) is 0 Å². The standard InChI is InChI=1S/C16H14N4O7S.Ca/c1-10(21)15(16(22)17-11-5-3-2-4-6-11)19-18-13-8-7-12(28(25,26)27)9-14(13)20(23)24;/h2-9,15H,1H3,(H,17,22)(H,25,26,27);. The van der Waals surface area contributed by atoms with Crippen molar-refractivity contribution in [3.8, 4) is 0 Å². The third-order valence-corrected chi connectivity index (χ3v) is 4.25. The Labute approximate surface area is 195 Å². The van der Waals surface area contributed by atoms with Gasteiger partial charge in [-0.25, -0.2) is 0 Å². The van der Waals surface area contributed by atoms with Crippen molar-refractivity contribution in [1.29, 1.82) is 0 Å². The number of nitrogens with zero attached hydrogens (tertiary/aromatic N) is 3. The van der Waals surface area contributed by atoms with Crippen LogP contribution in [-0.4, -0.2) is 73.4 Å². The number of hydrogen-bond acceptors (Lipinski definition) is 8. The summed E-state index contributed by atoms with van der Waals surface area (Å²) in [5, 5.41) is 20.7. The number of ketones is 1. The van der Waals surface area contributed by atoms with Gasteiger partial charge in [0.2, 0.25) is 6.04 Å². The number of hydrogen-bond donors (Lipinski definition) is 2. The van der Waals surface area contributed by atoms with Gasteiger partial charge >= 0.3 is 0 Å². The van der Waals surface area contributed by atoms with Gasteiger partial charge in [0.1, 0.15) is 4.90 Å². The number of anilines is 1. The van der Waals surface area contributed by atoms with E-state index in [0.29, 0.717) is 11.8 Å². The molecule has 13 heteroatoms. The van der Waals surface area contributed by atoms with Crippen molar-refractivity contribution in [1.82, 2.24) is 0 Å². The molecule has 0 heterocycles. The van der Waals surface area contributed by atoms with Gasteiger partial charge in [-0.3, -0.25) is 24.3 Å². The van der Waals surface area contributed by atoms with E-state index in [-0.39, 0.29) is 37.7 Å². The number of para-hydroxylation sites is 1. The zero-order chi connectivity index (χ0) is 20.9. The van der Waals surface area contributed by atoms with E-state index in [1.807, 2.05) is 0 Å². The number of carbonyl (C=O) groups is 2. The summed E-state index contributed by atoms with van der Waals surface area (Å²) in [6.07, 6.45) is 0. The normalized spacial score (nSPS) is 12.1. The van der Waals surface area contributed by atoms with E-state index >= 15 is 0 Å². The quantitative estimate of drug-likeness (QED) is 0.164.